The van der Waals surface area contributed by atoms with Crippen molar-refractivity contribution in [3.05, 3.63) is 65.1 Å². The number of aromatic amines is 1. The number of carbonyl (C=O) groups excluding carboxylic acids is 1. The van der Waals surface area contributed by atoms with Gasteiger partial charge < -0.3 is 14.3 Å². The van der Waals surface area contributed by atoms with Gasteiger partial charge in [0.25, 0.3) is 0 Å². The normalized spacial score (nSPS) is 16.6. The Balaban J connectivity index is 1.64. The minimum atomic E-state index is -0.426. The quantitative estimate of drug-likeness (QED) is 0.576. The lowest BCUT2D eigenvalue weighted by molar-refractivity contribution is 0.0644. The molecule has 0 aromatic carbocycles. The van der Waals surface area contributed by atoms with Crippen LogP contribution in [0.3, 0.4) is 0 Å². The zero-order valence-corrected chi connectivity index (χ0v) is 16.5. The molecule has 4 aromatic rings. The number of imidazole rings is 1. The van der Waals surface area contributed by atoms with Crippen LogP contribution in [0.4, 0.5) is 0 Å². The maximum atomic E-state index is 13.2. The van der Waals surface area contributed by atoms with Crippen LogP contribution < -0.4 is 0 Å². The molecule has 1 aliphatic heterocycles. The Kier molecular flexibility index (Phi) is 3.97. The molecule has 9 nitrogen and oxygen atoms in total. The van der Waals surface area contributed by atoms with E-state index in [0.717, 1.165) is 22.6 Å². The Hall–Kier alpha value is -3.49. The van der Waals surface area contributed by atoms with Gasteiger partial charge in [-0.25, -0.2) is 9.50 Å². The molecule has 0 bridgehead atoms. The van der Waals surface area contributed by atoms with Gasteiger partial charge in [0, 0.05) is 31.8 Å². The first-order valence-corrected chi connectivity index (χ1v) is 9.64. The molecule has 1 amide bonds. The van der Waals surface area contributed by atoms with E-state index in [1.54, 1.807) is 18.2 Å². The van der Waals surface area contributed by atoms with E-state index in [-0.39, 0.29) is 11.8 Å². The number of fused-ring (bicyclic) bond motifs is 2. The summed E-state index contributed by atoms with van der Waals surface area (Å²) in [5.74, 6) is 0.384. The van der Waals surface area contributed by atoms with E-state index < -0.39 is 6.04 Å². The van der Waals surface area contributed by atoms with Gasteiger partial charge in [-0.15, -0.1) is 10.2 Å². The molecule has 4 aromatic heterocycles. The highest BCUT2D eigenvalue weighted by Gasteiger charge is 2.38. The van der Waals surface area contributed by atoms with Gasteiger partial charge in [-0.05, 0) is 23.6 Å². The summed E-state index contributed by atoms with van der Waals surface area (Å²) in [6, 6.07) is 5.72. The van der Waals surface area contributed by atoms with Crippen molar-refractivity contribution in [3.63, 3.8) is 0 Å². The minimum absolute atomic E-state index is 0.0156. The molecule has 5 rings (SSSR count). The predicted octanol–water partition coefficient (Wildman–Crippen LogP) is 2.66. The summed E-state index contributed by atoms with van der Waals surface area (Å²) >= 11 is 0. The Morgan fingerprint density at radius 1 is 1.34 bits per heavy atom. The van der Waals surface area contributed by atoms with Gasteiger partial charge >= 0.3 is 11.8 Å². The number of amides is 1. The third kappa shape index (κ3) is 2.81. The predicted molar refractivity (Wildman–Crippen MR) is 103 cm³/mol. The van der Waals surface area contributed by atoms with Gasteiger partial charge in [-0.1, -0.05) is 19.9 Å². The first-order valence-electron chi connectivity index (χ1n) is 9.64. The Morgan fingerprint density at radius 2 is 2.21 bits per heavy atom. The number of aryl methyl sites for hydroxylation is 1. The molecule has 0 spiro atoms. The summed E-state index contributed by atoms with van der Waals surface area (Å²) < 4.78 is 7.26. The van der Waals surface area contributed by atoms with Gasteiger partial charge in [0.15, 0.2) is 0 Å². The van der Waals surface area contributed by atoms with Gasteiger partial charge in [0.1, 0.15) is 6.04 Å². The van der Waals surface area contributed by atoms with Crippen LogP contribution >= 0.6 is 0 Å². The molecule has 148 valence electrons. The van der Waals surface area contributed by atoms with Gasteiger partial charge in [-0.3, -0.25) is 4.79 Å². The van der Waals surface area contributed by atoms with Gasteiger partial charge in [-0.2, -0.15) is 5.10 Å². The first-order chi connectivity index (χ1) is 14.0. The maximum Gasteiger partial charge on any atom is 0.312 e. The number of pyridine rings is 1. The van der Waals surface area contributed by atoms with Crippen molar-refractivity contribution in [2.45, 2.75) is 39.2 Å². The lowest BCUT2D eigenvalue weighted by atomic mass is 9.98. The van der Waals surface area contributed by atoms with Gasteiger partial charge in [0.05, 0.1) is 23.2 Å². The zero-order chi connectivity index (χ0) is 20.1. The molecule has 29 heavy (non-hydrogen) atoms. The van der Waals surface area contributed by atoms with Crippen LogP contribution in [0.15, 0.2) is 35.1 Å². The topological polar surface area (TPSA) is 105 Å². The van der Waals surface area contributed by atoms with Crippen LogP contribution in [-0.4, -0.2) is 47.1 Å². The second-order valence-corrected chi connectivity index (χ2v) is 7.56. The standard InChI is InChI=1S/C20H21N7O2/c1-11(2)13-5-4-7-27-16(13)9-15(25-27)18-17-14(21-10-22-17)6-8-26(18)20(28)19-24-23-12(3)29-19/h4-5,7,9-11,18H,6,8H2,1-3H3,(H,21,22). The number of nitrogens with zero attached hydrogens (tertiary/aromatic N) is 6. The molecule has 0 radical (unpaired) electrons. The van der Waals surface area contributed by atoms with Crippen molar-refractivity contribution in [1.82, 2.24) is 34.7 Å². The molecule has 0 saturated heterocycles. The molecule has 1 N–H and O–H groups in total. The molecular formula is C20H21N7O2. The van der Waals surface area contributed by atoms with Gasteiger partial charge in [0.2, 0.25) is 5.89 Å². The highest BCUT2D eigenvalue weighted by molar-refractivity contribution is 5.90. The average molecular weight is 391 g/mol. The molecule has 0 saturated carbocycles. The number of rotatable bonds is 3. The SMILES string of the molecule is Cc1nnc(C(=O)N2CCc3[nH]cnc3C2c2cc3c(C(C)C)cccn3n2)o1. The molecule has 1 atom stereocenters. The van der Waals surface area contributed by atoms with Crippen LogP contribution in [0.25, 0.3) is 5.52 Å². The Bertz CT molecular complexity index is 1200. The van der Waals surface area contributed by atoms with Crippen molar-refractivity contribution in [2.24, 2.45) is 0 Å². The lowest BCUT2D eigenvalue weighted by Crippen LogP contribution is -2.41. The van der Waals surface area contributed by atoms with Crippen LogP contribution in [-0.2, 0) is 6.42 Å². The highest BCUT2D eigenvalue weighted by Crippen LogP contribution is 2.35. The molecular weight excluding hydrogens is 370 g/mol. The summed E-state index contributed by atoms with van der Waals surface area (Å²) in [5, 5.41) is 12.5. The second-order valence-electron chi connectivity index (χ2n) is 7.56. The first kappa shape index (κ1) is 17.6. The van der Waals surface area contributed by atoms with Crippen molar-refractivity contribution < 1.29 is 9.21 Å². The lowest BCUT2D eigenvalue weighted by Gasteiger charge is -2.32. The summed E-state index contributed by atoms with van der Waals surface area (Å²) in [6.45, 7) is 6.48. The van der Waals surface area contributed by atoms with Crippen molar-refractivity contribution >= 4 is 11.4 Å². The zero-order valence-electron chi connectivity index (χ0n) is 16.5. The van der Waals surface area contributed by atoms with E-state index >= 15 is 0 Å². The van der Waals surface area contributed by atoms with Crippen molar-refractivity contribution in [2.75, 3.05) is 6.54 Å². The fraction of sp³-hybridized carbons (Fsp3) is 0.350. The summed E-state index contributed by atoms with van der Waals surface area (Å²) in [7, 11) is 0. The third-order valence-electron chi connectivity index (χ3n) is 5.35. The smallest absolute Gasteiger partial charge is 0.312 e. The fourth-order valence-electron chi connectivity index (χ4n) is 3.98. The van der Waals surface area contributed by atoms with Crippen molar-refractivity contribution in [1.29, 1.82) is 0 Å². The molecule has 9 heteroatoms. The maximum absolute atomic E-state index is 13.2. The van der Waals surface area contributed by atoms with E-state index in [1.165, 1.54) is 5.56 Å². The number of carbonyl (C=O) groups is 1. The van der Waals surface area contributed by atoms with Crippen molar-refractivity contribution in [3.8, 4) is 0 Å². The number of H-pyrrole nitrogens is 1. The minimum Gasteiger partial charge on any atom is -0.417 e. The third-order valence-corrected chi connectivity index (χ3v) is 5.35. The number of hydrogen-bond donors (Lipinski definition) is 1. The second kappa shape index (κ2) is 6.54. The van der Waals surface area contributed by atoms with E-state index in [0.29, 0.717) is 24.8 Å². The number of hydrogen-bond acceptors (Lipinski definition) is 6. The highest BCUT2D eigenvalue weighted by atomic mass is 16.4. The molecule has 1 aliphatic rings. The van der Waals surface area contributed by atoms with Crippen LogP contribution in [0, 0.1) is 6.92 Å². The molecule has 0 fully saturated rings. The summed E-state index contributed by atoms with van der Waals surface area (Å²) in [6.07, 6.45) is 4.26. The van der Waals surface area contributed by atoms with Crippen LogP contribution in [0.1, 0.15) is 65.0 Å². The van der Waals surface area contributed by atoms with E-state index in [4.69, 9.17) is 9.52 Å². The van der Waals surface area contributed by atoms with Crippen LogP contribution in [0.5, 0.6) is 0 Å². The largest absolute Gasteiger partial charge is 0.417 e. The molecule has 1 unspecified atom stereocenters. The van der Waals surface area contributed by atoms with E-state index in [2.05, 4.69) is 40.1 Å². The Labute approximate surface area is 166 Å². The Morgan fingerprint density at radius 3 is 2.97 bits per heavy atom. The average Bonchev–Trinajstić information content (AvgIpc) is 3.44. The number of aromatic nitrogens is 6. The fourth-order valence-corrected chi connectivity index (χ4v) is 3.98. The summed E-state index contributed by atoms with van der Waals surface area (Å²) in [4.78, 5) is 22.6. The summed E-state index contributed by atoms with van der Waals surface area (Å²) in [5.41, 5.74) is 4.81. The van der Waals surface area contributed by atoms with E-state index in [1.807, 2.05) is 22.8 Å². The molecule has 0 aliphatic carbocycles. The molecule has 5 heterocycles. The number of nitrogens with one attached hydrogen (secondary N) is 1. The monoisotopic (exact) mass is 391 g/mol. The van der Waals surface area contributed by atoms with Crippen LogP contribution in [0.2, 0.25) is 0 Å². The van der Waals surface area contributed by atoms with E-state index in [9.17, 15) is 4.79 Å².